The molecule has 0 bridgehead atoms. The Balaban J connectivity index is 0.773. The minimum Gasteiger partial charge on any atom is -0.505 e. The van der Waals surface area contributed by atoms with Gasteiger partial charge in [-0.15, -0.1) is 10.2 Å². The van der Waals surface area contributed by atoms with Crippen molar-refractivity contribution in [2.24, 2.45) is 20.5 Å². The fraction of sp³-hybridized carbons (Fsp3) is 0. The third kappa shape index (κ3) is 11.2. The molecule has 0 atom stereocenters. The summed E-state index contributed by atoms with van der Waals surface area (Å²) in [5.41, 5.74) is 7.17. The number of phenolic OH excluding ortho intramolecular Hbond substituents is 2. The summed E-state index contributed by atoms with van der Waals surface area (Å²) in [6, 6.07) is 59.7. The number of para-hydroxylation sites is 2. The molecule has 0 aliphatic heterocycles. The first kappa shape index (κ1) is 45.4. The Labute approximate surface area is 404 Å². The van der Waals surface area contributed by atoms with E-state index in [1.54, 1.807) is 36.4 Å². The van der Waals surface area contributed by atoms with Gasteiger partial charge >= 0.3 is 0 Å². The number of allylic oxidation sites excluding steroid dienone is 4. The molecular formula is C60H44N6O4. The molecule has 9 aromatic carbocycles. The molecular weight excluding hydrogens is 869 g/mol. The van der Waals surface area contributed by atoms with Crippen LogP contribution in [0.3, 0.4) is 0 Å². The van der Waals surface area contributed by atoms with Crippen LogP contribution in [0.15, 0.2) is 239 Å². The van der Waals surface area contributed by atoms with E-state index in [4.69, 9.17) is 0 Å². The quantitative estimate of drug-likeness (QED) is 0.0635. The fourth-order valence-corrected chi connectivity index (χ4v) is 7.53. The number of benzene rings is 9. The van der Waals surface area contributed by atoms with E-state index in [0.29, 0.717) is 33.5 Å². The fourth-order valence-electron chi connectivity index (χ4n) is 7.53. The van der Waals surface area contributed by atoms with Crippen LogP contribution in [0.25, 0.3) is 45.8 Å². The van der Waals surface area contributed by atoms with Crippen molar-refractivity contribution in [1.29, 1.82) is 0 Å². The van der Waals surface area contributed by atoms with Gasteiger partial charge in [0, 0.05) is 22.1 Å². The maximum Gasteiger partial charge on any atom is 0.259 e. The summed E-state index contributed by atoms with van der Waals surface area (Å²) in [7, 11) is 0. The van der Waals surface area contributed by atoms with Crippen LogP contribution >= 0.6 is 0 Å². The van der Waals surface area contributed by atoms with E-state index in [1.165, 1.54) is 0 Å². The van der Waals surface area contributed by atoms with Crippen LogP contribution in [0.4, 0.5) is 34.1 Å². The lowest BCUT2D eigenvalue weighted by atomic mass is 10.0. The van der Waals surface area contributed by atoms with Gasteiger partial charge in [-0.25, -0.2) is 0 Å². The first-order valence-corrected chi connectivity index (χ1v) is 22.4. The molecule has 338 valence electrons. The Morgan fingerprint density at radius 2 is 0.686 bits per heavy atom. The van der Waals surface area contributed by atoms with Crippen molar-refractivity contribution >= 4 is 91.8 Å². The van der Waals surface area contributed by atoms with E-state index < -0.39 is 11.8 Å². The van der Waals surface area contributed by atoms with E-state index in [9.17, 15) is 19.8 Å². The second-order valence-electron chi connectivity index (χ2n) is 16.0. The number of hydrogen-bond acceptors (Lipinski definition) is 8. The Morgan fingerprint density at radius 1 is 0.371 bits per heavy atom. The van der Waals surface area contributed by atoms with Crippen molar-refractivity contribution in [1.82, 2.24) is 0 Å². The van der Waals surface area contributed by atoms with Crippen LogP contribution in [0, 0.1) is 0 Å². The monoisotopic (exact) mass is 912 g/mol. The zero-order valence-corrected chi connectivity index (χ0v) is 37.6. The summed E-state index contributed by atoms with van der Waals surface area (Å²) in [5, 5.41) is 48.5. The first-order chi connectivity index (χ1) is 34.3. The Morgan fingerprint density at radius 3 is 1.04 bits per heavy atom. The van der Waals surface area contributed by atoms with Crippen molar-refractivity contribution in [3.63, 3.8) is 0 Å². The minimum atomic E-state index is -0.444. The van der Waals surface area contributed by atoms with Crippen LogP contribution in [-0.2, 0) is 0 Å². The van der Waals surface area contributed by atoms with Crippen LogP contribution in [0.5, 0.6) is 11.5 Å². The van der Waals surface area contributed by atoms with Gasteiger partial charge in [-0.1, -0.05) is 182 Å². The maximum absolute atomic E-state index is 13.2. The highest BCUT2D eigenvalue weighted by Gasteiger charge is 2.20. The Kier molecular flexibility index (Phi) is 14.0. The standard InChI is InChI=1S/C60H44N6O4/c67-57-53(59(69)61-47-21-3-1-4-22-47)39-45-19-11-13-25-51(45)55(57)65-63-49-35-31-43(32-36-49)17-9-7-15-41-27-29-42(30-28-41)16-8-10-18-44-33-37-50(38-34-44)64-66-56-52-26-14-12-20-46(52)40-54(58(56)68)60(70)62-48-23-5-2-6-24-48/h1-40,67-68H,(H,61,69)(H,62,70)/b15-7+,16-8+,17-9+,18-10+,65-63?,66-64?. The number of fused-ring (bicyclic) bond motifs is 2. The molecule has 0 spiro atoms. The molecule has 0 aromatic heterocycles. The average molecular weight is 913 g/mol. The van der Waals surface area contributed by atoms with E-state index >= 15 is 0 Å². The molecule has 70 heavy (non-hydrogen) atoms. The molecule has 9 aromatic rings. The van der Waals surface area contributed by atoms with Gasteiger partial charge in [0.2, 0.25) is 0 Å². The van der Waals surface area contributed by atoms with E-state index in [-0.39, 0.29) is 34.0 Å². The van der Waals surface area contributed by atoms with Gasteiger partial charge in [0.1, 0.15) is 11.4 Å². The van der Waals surface area contributed by atoms with Gasteiger partial charge in [0.15, 0.2) is 11.5 Å². The van der Waals surface area contributed by atoms with Crippen molar-refractivity contribution in [3.05, 3.63) is 252 Å². The Hall–Kier alpha value is -9.80. The van der Waals surface area contributed by atoms with E-state index in [1.807, 2.05) is 182 Å². The molecule has 0 heterocycles. The van der Waals surface area contributed by atoms with E-state index in [0.717, 1.165) is 33.0 Å². The highest BCUT2D eigenvalue weighted by molar-refractivity contribution is 6.13. The zero-order valence-electron chi connectivity index (χ0n) is 37.6. The van der Waals surface area contributed by atoms with E-state index in [2.05, 4.69) is 55.4 Å². The largest absolute Gasteiger partial charge is 0.505 e. The van der Waals surface area contributed by atoms with Crippen molar-refractivity contribution in [2.75, 3.05) is 10.6 Å². The molecule has 10 heteroatoms. The molecule has 2 amide bonds. The summed E-state index contributed by atoms with van der Waals surface area (Å²) in [4.78, 5) is 26.3. The lowest BCUT2D eigenvalue weighted by Crippen LogP contribution is -2.12. The molecule has 0 unspecified atom stereocenters. The lowest BCUT2D eigenvalue weighted by molar-refractivity contribution is 0.101. The van der Waals surface area contributed by atoms with Gasteiger partial charge in [0.25, 0.3) is 11.8 Å². The predicted octanol–water partition coefficient (Wildman–Crippen LogP) is 16.2. The topological polar surface area (TPSA) is 148 Å². The van der Waals surface area contributed by atoms with Gasteiger partial charge in [-0.2, -0.15) is 10.2 Å². The predicted molar refractivity (Wildman–Crippen MR) is 284 cm³/mol. The van der Waals surface area contributed by atoms with Crippen LogP contribution in [0.1, 0.15) is 43.0 Å². The van der Waals surface area contributed by atoms with Crippen LogP contribution < -0.4 is 10.6 Å². The van der Waals surface area contributed by atoms with Crippen molar-refractivity contribution in [2.45, 2.75) is 0 Å². The number of rotatable bonds is 14. The maximum atomic E-state index is 13.2. The molecule has 0 fully saturated rings. The Bertz CT molecular complexity index is 3270. The van der Waals surface area contributed by atoms with Gasteiger partial charge < -0.3 is 20.8 Å². The SMILES string of the molecule is O=C(Nc1ccccc1)c1cc2ccccc2c(N=Nc2ccc(/C=C/C=C/c3ccc(/C=C/C=C/c4ccc(N=Nc5c(O)c(C(=O)Nc6ccccc6)cc6ccccc56)cc4)cc3)cc2)c1O. The molecule has 10 nitrogen and oxygen atoms in total. The average Bonchev–Trinajstić information content (AvgIpc) is 3.39. The number of carbonyl (C=O) groups is 2. The lowest BCUT2D eigenvalue weighted by Gasteiger charge is -2.11. The second-order valence-corrected chi connectivity index (χ2v) is 16.0. The number of amides is 2. The summed E-state index contributed by atoms with van der Waals surface area (Å²) >= 11 is 0. The minimum absolute atomic E-state index is 0.108. The number of nitrogens with one attached hydrogen (secondary N) is 2. The molecule has 0 radical (unpaired) electrons. The molecule has 4 N–H and O–H groups in total. The molecule has 0 saturated carbocycles. The van der Waals surface area contributed by atoms with Gasteiger partial charge in [-0.05, 0) is 93.7 Å². The third-order valence-corrected chi connectivity index (χ3v) is 11.2. The van der Waals surface area contributed by atoms with Gasteiger partial charge in [0.05, 0.1) is 22.5 Å². The van der Waals surface area contributed by atoms with Gasteiger partial charge in [-0.3, -0.25) is 9.59 Å². The third-order valence-electron chi connectivity index (χ3n) is 11.2. The normalized spacial score (nSPS) is 11.9. The van der Waals surface area contributed by atoms with Crippen LogP contribution in [-0.4, -0.2) is 22.0 Å². The number of azo groups is 2. The number of aromatic hydroxyl groups is 2. The van der Waals surface area contributed by atoms with Crippen molar-refractivity contribution < 1.29 is 19.8 Å². The number of phenols is 2. The van der Waals surface area contributed by atoms with Crippen molar-refractivity contribution in [3.8, 4) is 11.5 Å². The second kappa shape index (κ2) is 21.7. The molecule has 0 aliphatic carbocycles. The van der Waals surface area contributed by atoms with Crippen LogP contribution in [0.2, 0.25) is 0 Å². The zero-order chi connectivity index (χ0) is 48.1. The smallest absolute Gasteiger partial charge is 0.259 e. The summed E-state index contributed by atoms with van der Waals surface area (Å²) in [6.45, 7) is 0. The highest BCUT2D eigenvalue weighted by Crippen LogP contribution is 2.41. The number of nitrogens with zero attached hydrogens (tertiary/aromatic N) is 4. The molecule has 9 rings (SSSR count). The molecule has 0 saturated heterocycles. The first-order valence-electron chi connectivity index (χ1n) is 22.4. The summed E-state index contributed by atoms with van der Waals surface area (Å²) < 4.78 is 0. The highest BCUT2D eigenvalue weighted by atomic mass is 16.3. The summed E-state index contributed by atoms with van der Waals surface area (Å²) in [5.74, 6) is -1.37. The molecule has 0 aliphatic rings. The number of anilines is 2. The number of hydrogen-bond donors (Lipinski definition) is 4. The number of carbonyl (C=O) groups excluding carboxylic acids is 2. The summed E-state index contributed by atoms with van der Waals surface area (Å²) in [6.07, 6.45) is 16.0.